The van der Waals surface area contributed by atoms with Gasteiger partial charge in [-0.15, -0.1) is 24.0 Å². The molecule has 0 radical (unpaired) electrons. The lowest BCUT2D eigenvalue weighted by atomic mass is 10.3. The number of ether oxygens (including phenoxy) is 2. The Morgan fingerprint density at radius 1 is 1.10 bits per heavy atom. The summed E-state index contributed by atoms with van der Waals surface area (Å²) in [5.74, 6) is 1.96. The number of aliphatic imine (C=N–C) groups is 1. The highest BCUT2D eigenvalue weighted by Crippen LogP contribution is 2.10. The van der Waals surface area contributed by atoms with Crippen LogP contribution in [0.3, 0.4) is 0 Å². The van der Waals surface area contributed by atoms with Crippen molar-refractivity contribution in [2.45, 2.75) is 13.0 Å². The Kier molecular flexibility index (Phi) is 10.7. The van der Waals surface area contributed by atoms with E-state index in [1.807, 2.05) is 42.2 Å². The molecule has 168 valence electrons. The number of carbonyl (C=O) groups excluding carboxylic acids is 1. The molecule has 2 aliphatic rings. The Labute approximate surface area is 196 Å². The number of nitrogens with one attached hydrogen (secondary N) is 1. The third kappa shape index (κ3) is 7.59. The Hall–Kier alpha value is -1.59. The summed E-state index contributed by atoms with van der Waals surface area (Å²) >= 11 is 0. The molecule has 0 spiro atoms. The Morgan fingerprint density at radius 2 is 1.77 bits per heavy atom. The Balaban J connectivity index is 0.00000320. The number of hydrogen-bond acceptors (Lipinski definition) is 5. The maximum atomic E-state index is 12.4. The highest BCUT2D eigenvalue weighted by molar-refractivity contribution is 14.0. The van der Waals surface area contributed by atoms with Crippen LogP contribution in [-0.4, -0.2) is 105 Å². The van der Waals surface area contributed by atoms with Crippen molar-refractivity contribution < 1.29 is 14.3 Å². The van der Waals surface area contributed by atoms with E-state index in [-0.39, 0.29) is 36.0 Å². The van der Waals surface area contributed by atoms with Gasteiger partial charge in [0.25, 0.3) is 0 Å². The highest BCUT2D eigenvalue weighted by atomic mass is 127. The minimum absolute atomic E-state index is 0. The van der Waals surface area contributed by atoms with Crippen molar-refractivity contribution in [2.75, 3.05) is 72.6 Å². The number of guanidine groups is 1. The largest absolute Gasteiger partial charge is 0.489 e. The average molecular weight is 531 g/mol. The van der Waals surface area contributed by atoms with E-state index in [1.165, 1.54) is 0 Å². The first-order valence-electron chi connectivity index (χ1n) is 10.4. The van der Waals surface area contributed by atoms with Gasteiger partial charge in [0.15, 0.2) is 5.96 Å². The third-order valence-electron chi connectivity index (χ3n) is 5.23. The molecule has 0 saturated carbocycles. The molecule has 0 bridgehead atoms. The molecule has 1 N–H and O–H groups in total. The summed E-state index contributed by atoms with van der Waals surface area (Å²) in [5.41, 5.74) is 0. The van der Waals surface area contributed by atoms with Crippen molar-refractivity contribution >= 4 is 35.8 Å². The first-order valence-corrected chi connectivity index (χ1v) is 10.4. The molecule has 2 fully saturated rings. The van der Waals surface area contributed by atoms with Crippen LogP contribution in [0.25, 0.3) is 0 Å². The fraction of sp³-hybridized carbons (Fsp3) is 0.619. The predicted molar refractivity (Wildman–Crippen MR) is 129 cm³/mol. The van der Waals surface area contributed by atoms with Crippen LogP contribution in [0, 0.1) is 0 Å². The average Bonchev–Trinajstić information content (AvgIpc) is 2.76. The topological polar surface area (TPSA) is 69.6 Å². The second-order valence-corrected chi connectivity index (χ2v) is 7.43. The van der Waals surface area contributed by atoms with E-state index in [0.29, 0.717) is 39.4 Å². The van der Waals surface area contributed by atoms with Crippen molar-refractivity contribution in [1.82, 2.24) is 20.0 Å². The highest BCUT2D eigenvalue weighted by Gasteiger charge is 2.24. The minimum Gasteiger partial charge on any atom is -0.489 e. The van der Waals surface area contributed by atoms with Crippen molar-refractivity contribution in [3.8, 4) is 5.75 Å². The molecule has 9 heteroatoms. The van der Waals surface area contributed by atoms with Crippen molar-refractivity contribution in [3.63, 3.8) is 0 Å². The van der Waals surface area contributed by atoms with Gasteiger partial charge in [0.1, 0.15) is 11.9 Å². The molecule has 0 aromatic heterocycles. The van der Waals surface area contributed by atoms with E-state index in [0.717, 1.165) is 37.9 Å². The van der Waals surface area contributed by atoms with E-state index in [2.05, 4.69) is 20.1 Å². The number of carbonyl (C=O) groups is 1. The monoisotopic (exact) mass is 531 g/mol. The molecule has 2 saturated heterocycles. The number of hydrogen-bond donors (Lipinski definition) is 1. The maximum absolute atomic E-state index is 12.4. The predicted octanol–water partition coefficient (Wildman–Crippen LogP) is 1.12. The van der Waals surface area contributed by atoms with E-state index >= 15 is 0 Å². The molecule has 1 aromatic carbocycles. The molecule has 3 rings (SSSR count). The van der Waals surface area contributed by atoms with Gasteiger partial charge in [0, 0.05) is 46.3 Å². The number of piperazine rings is 1. The summed E-state index contributed by atoms with van der Waals surface area (Å²) < 4.78 is 11.2. The van der Waals surface area contributed by atoms with Crippen LogP contribution in [0.5, 0.6) is 5.75 Å². The van der Waals surface area contributed by atoms with E-state index in [1.54, 1.807) is 7.05 Å². The van der Waals surface area contributed by atoms with E-state index < -0.39 is 0 Å². The molecule has 8 nitrogen and oxygen atoms in total. The van der Waals surface area contributed by atoms with Crippen LogP contribution < -0.4 is 10.1 Å². The second-order valence-electron chi connectivity index (χ2n) is 7.43. The van der Waals surface area contributed by atoms with Gasteiger partial charge in [-0.2, -0.15) is 0 Å². The van der Waals surface area contributed by atoms with Gasteiger partial charge in [-0.25, -0.2) is 0 Å². The molecular weight excluding hydrogens is 497 g/mol. The Bertz CT molecular complexity index is 662. The lowest BCUT2D eigenvalue weighted by Crippen LogP contribution is -2.55. The van der Waals surface area contributed by atoms with Crippen LogP contribution in [-0.2, 0) is 9.53 Å². The number of para-hydroxylation sites is 1. The van der Waals surface area contributed by atoms with Crippen LogP contribution >= 0.6 is 24.0 Å². The first-order chi connectivity index (χ1) is 14.2. The van der Waals surface area contributed by atoms with Crippen LogP contribution in [0.4, 0.5) is 0 Å². The van der Waals surface area contributed by atoms with Crippen molar-refractivity contribution in [3.05, 3.63) is 30.3 Å². The van der Waals surface area contributed by atoms with Crippen molar-refractivity contribution in [1.29, 1.82) is 0 Å². The molecule has 1 unspecified atom stereocenters. The summed E-state index contributed by atoms with van der Waals surface area (Å²) in [4.78, 5) is 23.2. The number of amides is 1. The smallest absolute Gasteiger partial charge is 0.236 e. The molecule has 1 aromatic rings. The number of morpholine rings is 1. The van der Waals surface area contributed by atoms with Gasteiger partial charge < -0.3 is 24.6 Å². The van der Waals surface area contributed by atoms with Crippen molar-refractivity contribution in [2.24, 2.45) is 4.99 Å². The molecule has 2 heterocycles. The lowest BCUT2D eigenvalue weighted by molar-refractivity contribution is -0.136. The Morgan fingerprint density at radius 3 is 2.40 bits per heavy atom. The number of rotatable bonds is 6. The normalized spacial score (nSPS) is 19.1. The van der Waals surface area contributed by atoms with Gasteiger partial charge in [0.05, 0.1) is 26.3 Å². The summed E-state index contributed by atoms with van der Waals surface area (Å²) in [5, 5.41) is 3.41. The van der Waals surface area contributed by atoms with Gasteiger partial charge in [-0.05, 0) is 19.1 Å². The molecular formula is C21H34IN5O3. The zero-order valence-corrected chi connectivity index (χ0v) is 20.3. The number of halogens is 1. The number of nitrogens with zero attached hydrogens (tertiary/aromatic N) is 4. The molecule has 1 amide bonds. The van der Waals surface area contributed by atoms with E-state index in [9.17, 15) is 4.79 Å². The van der Waals surface area contributed by atoms with Gasteiger partial charge in [0.2, 0.25) is 5.91 Å². The summed E-state index contributed by atoms with van der Waals surface area (Å²) in [6.07, 6.45) is 0.0292. The summed E-state index contributed by atoms with van der Waals surface area (Å²) in [7, 11) is 1.80. The van der Waals surface area contributed by atoms with Gasteiger partial charge in [-0.3, -0.25) is 14.7 Å². The third-order valence-corrected chi connectivity index (χ3v) is 5.23. The fourth-order valence-corrected chi connectivity index (χ4v) is 3.56. The minimum atomic E-state index is 0. The van der Waals surface area contributed by atoms with Crippen LogP contribution in [0.1, 0.15) is 6.92 Å². The van der Waals surface area contributed by atoms with Gasteiger partial charge >= 0.3 is 0 Å². The molecule has 30 heavy (non-hydrogen) atoms. The first kappa shape index (κ1) is 24.7. The van der Waals surface area contributed by atoms with E-state index in [4.69, 9.17) is 9.47 Å². The maximum Gasteiger partial charge on any atom is 0.236 e. The zero-order valence-electron chi connectivity index (χ0n) is 18.0. The molecule has 1 atom stereocenters. The summed E-state index contributed by atoms with van der Waals surface area (Å²) in [6.45, 7) is 9.33. The van der Waals surface area contributed by atoms with Crippen LogP contribution in [0.2, 0.25) is 0 Å². The quantitative estimate of drug-likeness (QED) is 0.337. The summed E-state index contributed by atoms with van der Waals surface area (Å²) in [6, 6.07) is 9.84. The molecule has 2 aliphatic heterocycles. The lowest BCUT2D eigenvalue weighted by Gasteiger charge is -2.37. The number of benzene rings is 1. The second kappa shape index (κ2) is 13.0. The standard InChI is InChI=1S/C21H33N5O3.HI/c1-18(29-19-6-4-3-5-7-19)16-23-21(22-2)26-10-8-24(9-11-26)17-20(27)25-12-14-28-15-13-25;/h3-7,18H,8-17H2,1-2H3,(H,22,23);1H. The zero-order chi connectivity index (χ0) is 20.5. The van der Waals surface area contributed by atoms with Gasteiger partial charge in [-0.1, -0.05) is 18.2 Å². The van der Waals surface area contributed by atoms with Crippen LogP contribution in [0.15, 0.2) is 35.3 Å². The fourth-order valence-electron chi connectivity index (χ4n) is 3.56. The SMILES string of the molecule is CN=C(NCC(C)Oc1ccccc1)N1CCN(CC(=O)N2CCOCC2)CC1.I. The molecule has 0 aliphatic carbocycles.